The Labute approximate surface area is 190 Å². The second-order valence-corrected chi connectivity index (χ2v) is 8.79. The van der Waals surface area contributed by atoms with Crippen LogP contribution in [0.2, 0.25) is 5.02 Å². The highest BCUT2D eigenvalue weighted by atomic mass is 35.5. The number of benzene rings is 2. The first kappa shape index (κ1) is 21.2. The van der Waals surface area contributed by atoms with Gasteiger partial charge in [-0.3, -0.25) is 9.48 Å². The van der Waals surface area contributed by atoms with Gasteiger partial charge in [0.25, 0.3) is 5.91 Å². The summed E-state index contributed by atoms with van der Waals surface area (Å²) in [5.41, 5.74) is 5.06. The van der Waals surface area contributed by atoms with E-state index in [4.69, 9.17) is 16.3 Å². The van der Waals surface area contributed by atoms with Crippen molar-refractivity contribution in [2.45, 2.75) is 27.0 Å². The molecule has 0 unspecified atom stereocenters. The lowest BCUT2D eigenvalue weighted by Gasteiger charge is -2.07. The second kappa shape index (κ2) is 9.37. The normalized spacial score (nSPS) is 10.8. The van der Waals surface area contributed by atoms with Crippen molar-refractivity contribution in [1.29, 1.82) is 0 Å². The number of aryl methyl sites for hydroxylation is 2. The summed E-state index contributed by atoms with van der Waals surface area (Å²) < 4.78 is 7.65. The number of ether oxygens (including phenoxy) is 1. The van der Waals surface area contributed by atoms with Crippen LogP contribution in [0.15, 0.2) is 66.3 Å². The number of amides is 1. The minimum atomic E-state index is -0.137. The van der Waals surface area contributed by atoms with E-state index in [-0.39, 0.29) is 5.91 Å². The van der Waals surface area contributed by atoms with Gasteiger partial charge in [-0.25, -0.2) is 0 Å². The molecule has 31 heavy (non-hydrogen) atoms. The molecule has 4 aromatic rings. The maximum atomic E-state index is 12.7. The van der Waals surface area contributed by atoms with E-state index in [1.165, 1.54) is 22.5 Å². The average molecular weight is 452 g/mol. The number of carbonyl (C=O) groups excluding carboxylic acids is 1. The Hall–Kier alpha value is -3.09. The molecule has 0 atom stereocenters. The van der Waals surface area contributed by atoms with Crippen molar-refractivity contribution in [3.63, 3.8) is 0 Å². The number of nitrogens with zero attached hydrogens (tertiary/aromatic N) is 2. The minimum absolute atomic E-state index is 0.137. The molecule has 5 nitrogen and oxygen atoms in total. The van der Waals surface area contributed by atoms with E-state index in [0.717, 1.165) is 22.6 Å². The molecule has 1 amide bonds. The Morgan fingerprint density at radius 1 is 1.13 bits per heavy atom. The summed E-state index contributed by atoms with van der Waals surface area (Å²) >= 11 is 7.33. The number of aromatic nitrogens is 2. The lowest BCUT2D eigenvalue weighted by atomic mass is 10.1. The predicted octanol–water partition coefficient (Wildman–Crippen LogP) is 6.09. The molecule has 0 aliphatic rings. The van der Waals surface area contributed by atoms with Crippen LogP contribution in [0, 0.1) is 13.8 Å². The Morgan fingerprint density at radius 2 is 1.94 bits per heavy atom. The van der Waals surface area contributed by atoms with Crippen LogP contribution < -0.4 is 10.1 Å². The van der Waals surface area contributed by atoms with Crippen LogP contribution in [-0.4, -0.2) is 15.7 Å². The Balaban J connectivity index is 1.37. The summed E-state index contributed by atoms with van der Waals surface area (Å²) in [5.74, 6) is 0.701. The summed E-state index contributed by atoms with van der Waals surface area (Å²) in [6.07, 6.45) is 3.37. The largest absolute Gasteiger partial charge is 0.489 e. The van der Waals surface area contributed by atoms with E-state index >= 15 is 0 Å². The molecular formula is C24H22ClN3O2S. The molecule has 0 aliphatic carbocycles. The quantitative estimate of drug-likeness (QED) is 0.369. The van der Waals surface area contributed by atoms with Crippen molar-refractivity contribution < 1.29 is 9.53 Å². The first-order valence-corrected chi connectivity index (χ1v) is 11.1. The van der Waals surface area contributed by atoms with Crippen LogP contribution in [0.1, 0.15) is 31.9 Å². The van der Waals surface area contributed by atoms with Crippen molar-refractivity contribution in [3.05, 3.63) is 98.5 Å². The summed E-state index contributed by atoms with van der Waals surface area (Å²) in [5, 5.41) is 9.71. The molecule has 2 aromatic heterocycles. The van der Waals surface area contributed by atoms with Crippen molar-refractivity contribution in [2.24, 2.45) is 0 Å². The van der Waals surface area contributed by atoms with E-state index < -0.39 is 0 Å². The molecule has 4 rings (SSSR count). The lowest BCUT2D eigenvalue weighted by molar-refractivity contribution is 0.103. The number of carbonyl (C=O) groups is 1. The van der Waals surface area contributed by atoms with Crippen LogP contribution in [0.25, 0.3) is 0 Å². The van der Waals surface area contributed by atoms with Crippen molar-refractivity contribution in [3.8, 4) is 5.75 Å². The van der Waals surface area contributed by atoms with Crippen LogP contribution in [0.5, 0.6) is 5.75 Å². The molecule has 7 heteroatoms. The lowest BCUT2D eigenvalue weighted by Crippen LogP contribution is -2.10. The van der Waals surface area contributed by atoms with Gasteiger partial charge in [0.05, 0.1) is 22.6 Å². The van der Waals surface area contributed by atoms with Crippen LogP contribution >= 0.6 is 22.9 Å². The van der Waals surface area contributed by atoms with Crippen LogP contribution in [0.4, 0.5) is 5.69 Å². The van der Waals surface area contributed by atoms with Crippen LogP contribution in [0.3, 0.4) is 0 Å². The number of nitrogens with one attached hydrogen (secondary N) is 1. The van der Waals surface area contributed by atoms with E-state index in [2.05, 4.69) is 16.5 Å². The topological polar surface area (TPSA) is 56.1 Å². The summed E-state index contributed by atoms with van der Waals surface area (Å²) in [4.78, 5) is 13.3. The fourth-order valence-electron chi connectivity index (χ4n) is 3.31. The van der Waals surface area contributed by atoms with E-state index in [1.807, 2.05) is 61.7 Å². The van der Waals surface area contributed by atoms with Crippen LogP contribution in [-0.2, 0) is 13.2 Å². The summed E-state index contributed by atoms with van der Waals surface area (Å²) in [6, 6.07) is 15.7. The maximum absolute atomic E-state index is 12.7. The van der Waals surface area contributed by atoms with E-state index in [1.54, 1.807) is 17.1 Å². The molecule has 0 fully saturated rings. The van der Waals surface area contributed by atoms with E-state index in [0.29, 0.717) is 23.1 Å². The molecule has 0 spiro atoms. The highest BCUT2D eigenvalue weighted by Crippen LogP contribution is 2.21. The molecular weight excluding hydrogens is 430 g/mol. The number of halogens is 1. The molecule has 158 valence electrons. The van der Waals surface area contributed by atoms with Gasteiger partial charge in [-0.1, -0.05) is 29.8 Å². The number of rotatable bonds is 7. The maximum Gasteiger partial charge on any atom is 0.265 e. The third kappa shape index (κ3) is 5.75. The molecule has 0 saturated heterocycles. The van der Waals surface area contributed by atoms with Crippen molar-refractivity contribution in [2.75, 3.05) is 5.32 Å². The van der Waals surface area contributed by atoms with Gasteiger partial charge in [0.2, 0.25) is 0 Å². The van der Waals surface area contributed by atoms with Gasteiger partial charge >= 0.3 is 0 Å². The zero-order valence-electron chi connectivity index (χ0n) is 17.3. The Morgan fingerprint density at radius 3 is 2.68 bits per heavy atom. The van der Waals surface area contributed by atoms with Gasteiger partial charge in [-0.2, -0.15) is 5.10 Å². The highest BCUT2D eigenvalue weighted by Gasteiger charge is 2.11. The van der Waals surface area contributed by atoms with Gasteiger partial charge in [0, 0.05) is 17.4 Å². The predicted molar refractivity (Wildman–Crippen MR) is 125 cm³/mol. The number of hydrogen-bond acceptors (Lipinski definition) is 4. The zero-order valence-corrected chi connectivity index (χ0v) is 18.8. The number of hydrogen-bond donors (Lipinski definition) is 1. The van der Waals surface area contributed by atoms with Crippen molar-refractivity contribution in [1.82, 2.24) is 9.78 Å². The molecule has 0 bridgehead atoms. The monoisotopic (exact) mass is 451 g/mol. The number of anilines is 1. The van der Waals surface area contributed by atoms with Gasteiger partial charge in [0.15, 0.2) is 0 Å². The van der Waals surface area contributed by atoms with Gasteiger partial charge in [-0.15, -0.1) is 11.3 Å². The SMILES string of the molecule is Cc1cc(C)cc(OCc2csc(C(=O)Nc3cccc(Cn4cc(Cl)cn4)c3)c2)c1. The minimum Gasteiger partial charge on any atom is -0.489 e. The van der Waals surface area contributed by atoms with Gasteiger partial charge in [0.1, 0.15) is 12.4 Å². The third-order valence-electron chi connectivity index (χ3n) is 4.61. The number of thiophene rings is 1. The Kier molecular flexibility index (Phi) is 6.39. The van der Waals surface area contributed by atoms with E-state index in [9.17, 15) is 4.79 Å². The molecule has 1 N–H and O–H groups in total. The van der Waals surface area contributed by atoms with Crippen molar-refractivity contribution >= 4 is 34.5 Å². The molecule has 2 aromatic carbocycles. The first-order chi connectivity index (χ1) is 14.9. The summed E-state index contributed by atoms with van der Waals surface area (Å²) in [6.45, 7) is 5.10. The molecule has 0 saturated carbocycles. The van der Waals surface area contributed by atoms with Gasteiger partial charge < -0.3 is 10.1 Å². The highest BCUT2D eigenvalue weighted by molar-refractivity contribution is 7.12. The Bertz CT molecular complexity index is 1190. The molecule has 0 radical (unpaired) electrons. The first-order valence-electron chi connectivity index (χ1n) is 9.81. The molecule has 0 aliphatic heterocycles. The second-order valence-electron chi connectivity index (χ2n) is 7.44. The fourth-order valence-corrected chi connectivity index (χ4v) is 4.25. The molecule has 2 heterocycles. The standard InChI is InChI=1S/C24H22ClN3O2S/c1-16-6-17(2)8-22(7-16)30-14-19-10-23(31-15-19)24(29)27-21-5-3-4-18(9-21)12-28-13-20(25)11-26-28/h3-11,13,15H,12,14H2,1-2H3,(H,27,29). The average Bonchev–Trinajstić information content (AvgIpc) is 3.35. The third-order valence-corrected chi connectivity index (χ3v) is 5.78. The smallest absolute Gasteiger partial charge is 0.265 e. The zero-order chi connectivity index (χ0) is 21.8. The van der Waals surface area contributed by atoms with Gasteiger partial charge in [-0.05, 0) is 66.2 Å². The summed E-state index contributed by atoms with van der Waals surface area (Å²) in [7, 11) is 0. The fraction of sp³-hybridized carbons (Fsp3) is 0.167.